The Morgan fingerprint density at radius 2 is 1.88 bits per heavy atom. The molecule has 164 valence electrons. The van der Waals surface area contributed by atoms with Gasteiger partial charge in [0.1, 0.15) is 0 Å². The number of benzene rings is 1. The van der Waals surface area contributed by atoms with Crippen molar-refractivity contribution < 1.29 is 4.79 Å². The summed E-state index contributed by atoms with van der Waals surface area (Å²) in [5.74, 6) is -0.115. The Hall–Kier alpha value is -3.67. The molecule has 0 saturated carbocycles. The number of H-pyrrole nitrogens is 1. The molecule has 32 heavy (non-hydrogen) atoms. The number of carbonyl (C=O) groups excluding carboxylic acids is 1. The predicted octanol–water partition coefficient (Wildman–Crippen LogP) is 4.12. The molecule has 0 aliphatic rings. The number of nitrogens with zero attached hydrogens (tertiary/aromatic N) is 2. The van der Waals surface area contributed by atoms with Crippen molar-refractivity contribution in [3.05, 3.63) is 98.9 Å². The third kappa shape index (κ3) is 4.08. The maximum Gasteiger partial charge on any atom is 0.253 e. The first-order valence-corrected chi connectivity index (χ1v) is 10.8. The van der Waals surface area contributed by atoms with Gasteiger partial charge < -0.3 is 14.9 Å². The van der Waals surface area contributed by atoms with E-state index >= 15 is 0 Å². The minimum atomic E-state index is -0.154. The van der Waals surface area contributed by atoms with E-state index in [2.05, 4.69) is 45.8 Å². The van der Waals surface area contributed by atoms with Crippen molar-refractivity contribution in [1.82, 2.24) is 19.9 Å². The van der Waals surface area contributed by atoms with Crippen LogP contribution in [0.5, 0.6) is 0 Å². The summed E-state index contributed by atoms with van der Waals surface area (Å²) in [7, 11) is 0. The van der Waals surface area contributed by atoms with Crippen molar-refractivity contribution in [3.8, 4) is 0 Å². The van der Waals surface area contributed by atoms with Gasteiger partial charge in [-0.2, -0.15) is 0 Å². The summed E-state index contributed by atoms with van der Waals surface area (Å²) in [6, 6.07) is 14.3. The molecule has 0 spiro atoms. The number of hydrogen-bond donors (Lipinski definition) is 2. The summed E-state index contributed by atoms with van der Waals surface area (Å²) < 4.78 is 2.25. The van der Waals surface area contributed by atoms with E-state index in [9.17, 15) is 9.59 Å². The quantitative estimate of drug-likeness (QED) is 0.485. The van der Waals surface area contributed by atoms with Crippen LogP contribution in [-0.4, -0.2) is 20.4 Å². The van der Waals surface area contributed by atoms with E-state index in [4.69, 9.17) is 0 Å². The van der Waals surface area contributed by atoms with Gasteiger partial charge in [0.25, 0.3) is 5.56 Å². The fourth-order valence-electron chi connectivity index (χ4n) is 4.47. The largest absolute Gasteiger partial charge is 0.352 e. The average molecular weight is 429 g/mol. The highest BCUT2D eigenvalue weighted by Crippen LogP contribution is 2.31. The minimum absolute atomic E-state index is 0.105. The zero-order valence-corrected chi connectivity index (χ0v) is 18.9. The molecule has 0 fully saturated rings. The first-order chi connectivity index (χ1) is 15.4. The first kappa shape index (κ1) is 21.6. The SMILES string of the molecule is Cc1cc(C)c(CNC(=O)Cc2c(C)n(C(C)c3ccccc3)c3cnccc23)c(=O)[nH]1. The molecule has 2 N–H and O–H groups in total. The summed E-state index contributed by atoms with van der Waals surface area (Å²) in [6.07, 6.45) is 3.86. The lowest BCUT2D eigenvalue weighted by molar-refractivity contribution is -0.120. The van der Waals surface area contributed by atoms with Gasteiger partial charge in [0.15, 0.2) is 0 Å². The Morgan fingerprint density at radius 1 is 1.12 bits per heavy atom. The lowest BCUT2D eigenvalue weighted by Crippen LogP contribution is -2.29. The fraction of sp³-hybridized carbons (Fsp3) is 0.269. The molecule has 3 aromatic heterocycles. The number of carbonyl (C=O) groups is 1. The Morgan fingerprint density at radius 3 is 2.59 bits per heavy atom. The summed E-state index contributed by atoms with van der Waals surface area (Å²) in [4.78, 5) is 32.3. The first-order valence-electron chi connectivity index (χ1n) is 10.8. The average Bonchev–Trinajstić information content (AvgIpc) is 3.04. The van der Waals surface area contributed by atoms with Crippen molar-refractivity contribution in [3.63, 3.8) is 0 Å². The van der Waals surface area contributed by atoms with Crippen LogP contribution in [-0.2, 0) is 17.8 Å². The van der Waals surface area contributed by atoms with Crippen molar-refractivity contribution >= 4 is 16.8 Å². The fourth-order valence-corrected chi connectivity index (χ4v) is 4.47. The van der Waals surface area contributed by atoms with Crippen LogP contribution in [0.1, 0.15) is 46.6 Å². The number of hydrogen-bond acceptors (Lipinski definition) is 3. The topological polar surface area (TPSA) is 79.8 Å². The van der Waals surface area contributed by atoms with E-state index < -0.39 is 0 Å². The van der Waals surface area contributed by atoms with E-state index in [-0.39, 0.29) is 30.5 Å². The molecule has 6 heteroatoms. The molecule has 1 atom stereocenters. The van der Waals surface area contributed by atoms with Gasteiger partial charge in [-0.05, 0) is 56.5 Å². The zero-order valence-electron chi connectivity index (χ0n) is 18.9. The van der Waals surface area contributed by atoms with Crippen LogP contribution in [0.4, 0.5) is 0 Å². The molecular formula is C26H28N4O2. The van der Waals surface area contributed by atoms with Crippen molar-refractivity contribution in [2.24, 2.45) is 0 Å². The molecule has 6 nitrogen and oxygen atoms in total. The second-order valence-electron chi connectivity index (χ2n) is 8.31. The van der Waals surface area contributed by atoms with Crippen LogP contribution < -0.4 is 10.9 Å². The standard InChI is InChI=1S/C26H28N4O2/c1-16-12-17(2)29-26(32)23(16)14-28-25(31)13-22-19(4)30(24-15-27-11-10-21(22)24)18(3)20-8-6-5-7-9-20/h5-12,15,18H,13-14H2,1-4H3,(H,28,31)(H,29,32). The van der Waals surface area contributed by atoms with Gasteiger partial charge in [-0.1, -0.05) is 30.3 Å². The highest BCUT2D eigenvalue weighted by atomic mass is 16.1. The number of nitrogens with one attached hydrogen (secondary N) is 2. The smallest absolute Gasteiger partial charge is 0.253 e. The number of pyridine rings is 2. The summed E-state index contributed by atoms with van der Waals surface area (Å²) >= 11 is 0. The highest BCUT2D eigenvalue weighted by Gasteiger charge is 2.21. The van der Waals surface area contributed by atoms with Gasteiger partial charge in [-0.15, -0.1) is 0 Å². The van der Waals surface area contributed by atoms with Gasteiger partial charge in [0, 0.05) is 35.1 Å². The second kappa shape index (κ2) is 8.83. The number of aryl methyl sites for hydroxylation is 2. The lowest BCUT2D eigenvalue weighted by atomic mass is 10.1. The molecule has 4 aromatic rings. The monoisotopic (exact) mass is 428 g/mol. The maximum atomic E-state index is 12.9. The third-order valence-corrected chi connectivity index (χ3v) is 6.15. The van der Waals surface area contributed by atoms with Crippen LogP contribution in [0.2, 0.25) is 0 Å². The second-order valence-corrected chi connectivity index (χ2v) is 8.31. The molecule has 1 amide bonds. The molecule has 0 radical (unpaired) electrons. The molecule has 1 aromatic carbocycles. The van der Waals surface area contributed by atoms with Crippen LogP contribution in [0.25, 0.3) is 10.9 Å². The lowest BCUT2D eigenvalue weighted by Gasteiger charge is -2.18. The van der Waals surface area contributed by atoms with Crippen LogP contribution >= 0.6 is 0 Å². The number of aromatic amines is 1. The Kier molecular flexibility index (Phi) is 5.95. The number of fused-ring (bicyclic) bond motifs is 1. The normalized spacial score (nSPS) is 12.1. The molecule has 0 saturated heterocycles. The minimum Gasteiger partial charge on any atom is -0.352 e. The number of aromatic nitrogens is 3. The van der Waals surface area contributed by atoms with Crippen LogP contribution in [0.3, 0.4) is 0 Å². The molecule has 0 bridgehead atoms. The van der Waals surface area contributed by atoms with Gasteiger partial charge >= 0.3 is 0 Å². The maximum absolute atomic E-state index is 12.9. The van der Waals surface area contributed by atoms with Crippen molar-refractivity contribution in [2.45, 2.75) is 46.7 Å². The van der Waals surface area contributed by atoms with Crippen molar-refractivity contribution in [2.75, 3.05) is 0 Å². The van der Waals surface area contributed by atoms with E-state index in [1.54, 1.807) is 6.20 Å². The van der Waals surface area contributed by atoms with E-state index in [0.717, 1.165) is 33.4 Å². The van der Waals surface area contributed by atoms with Crippen LogP contribution in [0, 0.1) is 20.8 Å². The van der Waals surface area contributed by atoms with Gasteiger partial charge in [-0.25, -0.2) is 0 Å². The zero-order chi connectivity index (χ0) is 22.8. The van der Waals surface area contributed by atoms with Crippen LogP contribution in [0.15, 0.2) is 59.7 Å². The molecule has 1 unspecified atom stereocenters. The molecule has 0 aliphatic heterocycles. The molecular weight excluding hydrogens is 400 g/mol. The third-order valence-electron chi connectivity index (χ3n) is 6.15. The summed E-state index contributed by atoms with van der Waals surface area (Å²) in [5, 5.41) is 3.95. The van der Waals surface area contributed by atoms with E-state index in [1.807, 2.05) is 50.4 Å². The van der Waals surface area contributed by atoms with Crippen molar-refractivity contribution in [1.29, 1.82) is 0 Å². The molecule has 4 rings (SSSR count). The Bertz CT molecular complexity index is 1340. The Balaban J connectivity index is 1.62. The summed E-state index contributed by atoms with van der Waals surface area (Å²) in [6.45, 7) is 8.15. The van der Waals surface area contributed by atoms with E-state index in [1.165, 1.54) is 5.56 Å². The summed E-state index contributed by atoms with van der Waals surface area (Å²) in [5.41, 5.74) is 6.36. The highest BCUT2D eigenvalue weighted by molar-refractivity contribution is 5.90. The number of rotatable bonds is 6. The van der Waals surface area contributed by atoms with Gasteiger partial charge in [-0.3, -0.25) is 14.6 Å². The van der Waals surface area contributed by atoms with Gasteiger partial charge in [0.05, 0.1) is 24.2 Å². The number of amides is 1. The van der Waals surface area contributed by atoms with Gasteiger partial charge in [0.2, 0.25) is 5.91 Å². The predicted molar refractivity (Wildman–Crippen MR) is 127 cm³/mol. The van der Waals surface area contributed by atoms with E-state index in [0.29, 0.717) is 5.56 Å². The Labute approximate surface area is 187 Å². The molecule has 0 aliphatic carbocycles. The molecule has 3 heterocycles.